The van der Waals surface area contributed by atoms with E-state index >= 15 is 0 Å². The predicted molar refractivity (Wildman–Crippen MR) is 102 cm³/mol. The third kappa shape index (κ3) is 3.29. The van der Waals surface area contributed by atoms with Gasteiger partial charge in [0.05, 0.1) is 5.92 Å². The van der Waals surface area contributed by atoms with Crippen molar-refractivity contribution in [2.75, 3.05) is 0 Å². The van der Waals surface area contributed by atoms with E-state index in [0.717, 1.165) is 11.1 Å². The predicted octanol–water partition coefficient (Wildman–Crippen LogP) is 3.16. The van der Waals surface area contributed by atoms with Gasteiger partial charge in [0.25, 0.3) is 0 Å². The van der Waals surface area contributed by atoms with Crippen LogP contribution in [0.15, 0.2) is 91.0 Å². The Morgan fingerprint density at radius 3 is 1.50 bits per heavy atom. The number of para-hydroxylation sites is 1. The highest BCUT2D eigenvalue weighted by Crippen LogP contribution is 2.57. The minimum Gasteiger partial charge on any atom is -0.550 e. The topological polar surface area (TPSA) is 66.4 Å². The number of benzene rings is 3. The summed E-state index contributed by atoms with van der Waals surface area (Å²) in [5, 5.41) is 12.0. The molecular weight excluding hydrogens is 352 g/mol. The Labute approximate surface area is 163 Å². The van der Waals surface area contributed by atoms with Crippen LogP contribution in [0.2, 0.25) is 0 Å². The van der Waals surface area contributed by atoms with Crippen LogP contribution in [0.5, 0.6) is 5.75 Å². The first-order valence-corrected chi connectivity index (χ1v) is 9.24. The molecule has 3 aromatic rings. The van der Waals surface area contributed by atoms with E-state index in [1.807, 2.05) is 66.7 Å². The van der Waals surface area contributed by atoms with Gasteiger partial charge in [0.1, 0.15) is 5.75 Å². The smallest absolute Gasteiger partial charge is 0.315 e. The Bertz CT molecular complexity index is 906. The maximum atomic E-state index is 13.1. The second kappa shape index (κ2) is 7.69. The van der Waals surface area contributed by atoms with Crippen molar-refractivity contribution in [1.29, 1.82) is 0 Å². The zero-order valence-electron chi connectivity index (χ0n) is 15.1. The monoisotopic (exact) mass is 371 g/mol. The fourth-order valence-electron chi connectivity index (χ4n) is 4.19. The van der Waals surface area contributed by atoms with E-state index in [9.17, 15) is 14.7 Å². The van der Waals surface area contributed by atoms with Crippen molar-refractivity contribution in [1.82, 2.24) is 0 Å². The van der Waals surface area contributed by atoms with Crippen LogP contribution in [-0.4, -0.2) is 11.9 Å². The maximum Gasteiger partial charge on any atom is 0.315 e. The van der Waals surface area contributed by atoms with E-state index in [1.165, 1.54) is 0 Å². The second-order valence-corrected chi connectivity index (χ2v) is 6.98. The minimum atomic E-state index is -1.15. The Morgan fingerprint density at radius 2 is 1.07 bits per heavy atom. The molecule has 0 N–H and O–H groups in total. The molecule has 140 valence electrons. The average Bonchev–Trinajstić information content (AvgIpc) is 2.69. The van der Waals surface area contributed by atoms with E-state index < -0.39 is 35.6 Å². The van der Waals surface area contributed by atoms with E-state index in [-0.39, 0.29) is 0 Å². The van der Waals surface area contributed by atoms with Gasteiger partial charge in [0.2, 0.25) is 0 Å². The van der Waals surface area contributed by atoms with Gasteiger partial charge in [-0.3, -0.25) is 4.79 Å². The lowest BCUT2D eigenvalue weighted by Crippen LogP contribution is -2.55. The highest BCUT2D eigenvalue weighted by atomic mass is 16.5. The van der Waals surface area contributed by atoms with Gasteiger partial charge in [-0.25, -0.2) is 0 Å². The fraction of sp³-hybridized carbons (Fsp3) is 0.167. The summed E-state index contributed by atoms with van der Waals surface area (Å²) in [5.41, 5.74) is 1.61. The number of hydrogen-bond donors (Lipinski definition) is 0. The molecule has 0 saturated heterocycles. The summed E-state index contributed by atoms with van der Waals surface area (Å²) in [7, 11) is 0. The van der Waals surface area contributed by atoms with Gasteiger partial charge in [-0.1, -0.05) is 78.9 Å². The normalized spacial score (nSPS) is 23.4. The molecule has 0 spiro atoms. The molecule has 0 aromatic heterocycles. The Hall–Kier alpha value is -3.40. The van der Waals surface area contributed by atoms with Crippen LogP contribution in [0, 0.1) is 11.8 Å². The van der Waals surface area contributed by atoms with Crippen molar-refractivity contribution in [3.8, 4) is 5.75 Å². The number of carboxylic acid groups (broad SMARTS) is 1. The average molecular weight is 371 g/mol. The zero-order valence-corrected chi connectivity index (χ0v) is 15.1. The van der Waals surface area contributed by atoms with E-state index in [4.69, 9.17) is 4.74 Å². The number of esters is 1. The van der Waals surface area contributed by atoms with Crippen LogP contribution in [0.1, 0.15) is 23.0 Å². The van der Waals surface area contributed by atoms with Crippen LogP contribution in [0.4, 0.5) is 0 Å². The molecule has 4 nitrogen and oxygen atoms in total. The van der Waals surface area contributed by atoms with Crippen LogP contribution in [0.3, 0.4) is 0 Å². The van der Waals surface area contributed by atoms with Crippen molar-refractivity contribution in [3.05, 3.63) is 102 Å². The van der Waals surface area contributed by atoms with Crippen molar-refractivity contribution < 1.29 is 19.4 Å². The van der Waals surface area contributed by atoms with Crippen LogP contribution in [-0.2, 0) is 9.59 Å². The molecule has 2 unspecified atom stereocenters. The maximum absolute atomic E-state index is 13.1. The molecule has 0 heterocycles. The molecule has 1 aliphatic rings. The molecule has 3 aromatic carbocycles. The number of carbonyl (C=O) groups excluding carboxylic acids is 2. The molecule has 0 aliphatic heterocycles. The number of ether oxygens (including phenoxy) is 1. The zero-order chi connectivity index (χ0) is 19.5. The Kier molecular flexibility index (Phi) is 4.94. The molecule has 0 bridgehead atoms. The molecule has 1 aliphatic carbocycles. The summed E-state index contributed by atoms with van der Waals surface area (Å²) in [6.45, 7) is 0. The summed E-state index contributed by atoms with van der Waals surface area (Å²) in [4.78, 5) is 25.1. The Morgan fingerprint density at radius 1 is 0.643 bits per heavy atom. The number of carbonyl (C=O) groups is 2. The van der Waals surface area contributed by atoms with Crippen LogP contribution in [0.25, 0.3) is 0 Å². The number of aliphatic carboxylic acids is 1. The molecule has 4 heteroatoms. The van der Waals surface area contributed by atoms with Gasteiger partial charge in [0, 0.05) is 23.7 Å². The molecule has 1 fully saturated rings. The van der Waals surface area contributed by atoms with Gasteiger partial charge < -0.3 is 14.6 Å². The third-order valence-corrected chi connectivity index (χ3v) is 5.42. The SMILES string of the molecule is O=C([O-])C1C(c2ccccc2)C(C(=O)Oc2ccccc2)C1c1ccccc1. The van der Waals surface area contributed by atoms with E-state index in [2.05, 4.69) is 0 Å². The van der Waals surface area contributed by atoms with Crippen LogP contribution >= 0.6 is 0 Å². The van der Waals surface area contributed by atoms with E-state index in [1.54, 1.807) is 24.3 Å². The van der Waals surface area contributed by atoms with Gasteiger partial charge in [-0.2, -0.15) is 0 Å². The molecule has 28 heavy (non-hydrogen) atoms. The van der Waals surface area contributed by atoms with Crippen molar-refractivity contribution in [2.24, 2.45) is 11.8 Å². The lowest BCUT2D eigenvalue weighted by molar-refractivity contribution is -0.317. The lowest BCUT2D eigenvalue weighted by atomic mass is 9.52. The second-order valence-electron chi connectivity index (χ2n) is 6.98. The van der Waals surface area contributed by atoms with Crippen molar-refractivity contribution in [3.63, 3.8) is 0 Å². The Balaban J connectivity index is 1.73. The summed E-state index contributed by atoms with van der Waals surface area (Å²) < 4.78 is 5.60. The third-order valence-electron chi connectivity index (χ3n) is 5.42. The summed E-state index contributed by atoms with van der Waals surface area (Å²) in [6.07, 6.45) is 0. The molecule has 4 rings (SSSR count). The van der Waals surface area contributed by atoms with Gasteiger partial charge in [-0.05, 0) is 23.3 Å². The standard InChI is InChI=1S/C24H20O4/c25-23(26)21-19(16-10-4-1-5-11-16)22(20(21)17-12-6-2-7-13-17)24(27)28-18-14-8-3-9-15-18/h1-15,19-22H,(H,25,26)/p-1. The highest BCUT2D eigenvalue weighted by Gasteiger charge is 2.56. The van der Waals surface area contributed by atoms with Crippen molar-refractivity contribution in [2.45, 2.75) is 11.8 Å². The fourth-order valence-corrected chi connectivity index (χ4v) is 4.19. The first-order chi connectivity index (χ1) is 13.7. The largest absolute Gasteiger partial charge is 0.550 e. The van der Waals surface area contributed by atoms with Crippen LogP contribution < -0.4 is 9.84 Å². The summed E-state index contributed by atoms with van der Waals surface area (Å²) in [6, 6.07) is 27.3. The number of carboxylic acids is 1. The van der Waals surface area contributed by atoms with Gasteiger partial charge in [0.15, 0.2) is 0 Å². The van der Waals surface area contributed by atoms with Gasteiger partial charge >= 0.3 is 5.97 Å². The van der Waals surface area contributed by atoms with E-state index in [0.29, 0.717) is 5.75 Å². The molecule has 1 saturated carbocycles. The molecular formula is C24H19O4-. The lowest BCUT2D eigenvalue weighted by Gasteiger charge is -2.51. The number of hydrogen-bond acceptors (Lipinski definition) is 4. The quantitative estimate of drug-likeness (QED) is 0.510. The molecule has 0 radical (unpaired) electrons. The minimum absolute atomic E-state index is 0.425. The highest BCUT2D eigenvalue weighted by molar-refractivity contribution is 5.85. The molecule has 0 amide bonds. The van der Waals surface area contributed by atoms with Crippen molar-refractivity contribution >= 4 is 11.9 Å². The summed E-state index contributed by atoms with van der Waals surface area (Å²) >= 11 is 0. The first kappa shape index (κ1) is 18.0. The molecule has 2 atom stereocenters. The first-order valence-electron chi connectivity index (χ1n) is 9.24. The van der Waals surface area contributed by atoms with Gasteiger partial charge in [-0.15, -0.1) is 0 Å². The number of rotatable bonds is 5. The summed E-state index contributed by atoms with van der Waals surface area (Å²) in [5.74, 6) is -3.51.